The molecule has 2 aromatic rings. The molecular weight excluding hydrogens is 506 g/mol. The summed E-state index contributed by atoms with van der Waals surface area (Å²) in [6.45, 7) is 7.08. The van der Waals surface area contributed by atoms with Crippen molar-refractivity contribution < 1.29 is 28.8 Å². The number of hydrogen-bond acceptors (Lipinski definition) is 7. The van der Waals surface area contributed by atoms with Gasteiger partial charge in [0.2, 0.25) is 0 Å². The lowest BCUT2D eigenvalue weighted by Gasteiger charge is -2.19. The van der Waals surface area contributed by atoms with Crippen molar-refractivity contribution in [2.75, 3.05) is 59.8 Å². The van der Waals surface area contributed by atoms with Gasteiger partial charge in [-0.15, -0.1) is 0 Å². The van der Waals surface area contributed by atoms with E-state index in [2.05, 4.69) is 36.1 Å². The molecule has 0 heterocycles. The molecule has 0 radical (unpaired) electrons. The highest BCUT2D eigenvalue weighted by molar-refractivity contribution is 5.69. The van der Waals surface area contributed by atoms with E-state index in [1.54, 1.807) is 7.11 Å². The maximum absolute atomic E-state index is 11.9. The van der Waals surface area contributed by atoms with Crippen molar-refractivity contribution in [1.29, 1.82) is 0 Å². The molecule has 7 heteroatoms. The van der Waals surface area contributed by atoms with E-state index < -0.39 is 0 Å². The molecule has 2 aromatic carbocycles. The Morgan fingerprint density at radius 2 is 1.18 bits per heavy atom. The number of benzene rings is 2. The lowest BCUT2D eigenvalue weighted by atomic mass is 10.1. The normalized spacial score (nSPS) is 11.1. The molecule has 1 N–H and O–H groups in total. The number of hydrogen-bond donors (Lipinski definition) is 1. The quantitative estimate of drug-likeness (QED) is 0.116. The molecule has 224 valence electrons. The highest BCUT2D eigenvalue weighted by atomic mass is 16.5. The second-order valence-corrected chi connectivity index (χ2v) is 10.1. The van der Waals surface area contributed by atoms with Crippen molar-refractivity contribution in [3.8, 4) is 22.6 Å². The monoisotopic (exact) mass is 557 g/mol. The van der Waals surface area contributed by atoms with Crippen LogP contribution in [0.25, 0.3) is 11.1 Å². The van der Waals surface area contributed by atoms with E-state index in [1.807, 2.05) is 24.3 Å². The number of rotatable bonds is 24. The van der Waals surface area contributed by atoms with E-state index >= 15 is 0 Å². The molecular formula is C33H51NO6. The molecule has 0 saturated heterocycles. The zero-order valence-electron chi connectivity index (χ0n) is 24.8. The van der Waals surface area contributed by atoms with Crippen LogP contribution in [0.3, 0.4) is 0 Å². The first-order valence-electron chi connectivity index (χ1n) is 15.1. The Morgan fingerprint density at radius 3 is 1.65 bits per heavy atom. The molecule has 0 unspecified atom stereocenters. The molecule has 2 rings (SSSR count). The minimum atomic E-state index is -0.157. The van der Waals surface area contributed by atoms with Crippen molar-refractivity contribution in [2.45, 2.75) is 71.1 Å². The third-order valence-corrected chi connectivity index (χ3v) is 6.71. The van der Waals surface area contributed by atoms with E-state index in [4.69, 9.17) is 24.1 Å². The van der Waals surface area contributed by atoms with Crippen LogP contribution in [-0.4, -0.2) is 75.8 Å². The highest BCUT2D eigenvalue weighted by Crippen LogP contribution is 2.25. The summed E-state index contributed by atoms with van der Waals surface area (Å²) >= 11 is 0. The van der Waals surface area contributed by atoms with Crippen molar-refractivity contribution in [1.82, 2.24) is 4.90 Å². The molecule has 7 nitrogen and oxygen atoms in total. The van der Waals surface area contributed by atoms with Crippen molar-refractivity contribution in [2.24, 2.45) is 0 Å². The van der Waals surface area contributed by atoms with Gasteiger partial charge in [-0.1, -0.05) is 37.6 Å². The number of aliphatic hydroxyl groups is 1. The van der Waals surface area contributed by atoms with Gasteiger partial charge >= 0.3 is 5.97 Å². The van der Waals surface area contributed by atoms with E-state index in [0.717, 1.165) is 87.3 Å². The van der Waals surface area contributed by atoms with Gasteiger partial charge in [-0.25, -0.2) is 0 Å². The van der Waals surface area contributed by atoms with Crippen LogP contribution in [0.15, 0.2) is 48.5 Å². The van der Waals surface area contributed by atoms with Crippen LogP contribution in [-0.2, 0) is 14.3 Å². The number of carbonyl (C=O) groups excluding carboxylic acids is 1. The SMILES string of the molecule is CCCN(CCO)CCC(=O)OCCCCCCOc1ccc(-c2ccc(OCCCCCCOC)cc2)cc1. The number of ether oxygens (including phenoxy) is 4. The van der Waals surface area contributed by atoms with Crippen LogP contribution >= 0.6 is 0 Å². The fourth-order valence-electron chi connectivity index (χ4n) is 4.43. The van der Waals surface area contributed by atoms with Crippen LogP contribution in [0, 0.1) is 0 Å². The summed E-state index contributed by atoms with van der Waals surface area (Å²) < 4.78 is 22.2. The van der Waals surface area contributed by atoms with E-state index in [0.29, 0.717) is 32.7 Å². The maximum atomic E-state index is 11.9. The molecule has 0 aliphatic heterocycles. The smallest absolute Gasteiger partial charge is 0.307 e. The first kappa shape index (κ1) is 33.6. The molecule has 0 saturated carbocycles. The van der Waals surface area contributed by atoms with Gasteiger partial charge in [0, 0.05) is 26.8 Å². The third-order valence-electron chi connectivity index (χ3n) is 6.71. The Morgan fingerprint density at radius 1 is 0.675 bits per heavy atom. The lowest BCUT2D eigenvalue weighted by Crippen LogP contribution is -2.30. The molecule has 0 spiro atoms. The minimum Gasteiger partial charge on any atom is -0.494 e. The Balaban J connectivity index is 1.53. The Bertz CT molecular complexity index is 881. The van der Waals surface area contributed by atoms with Crippen LogP contribution in [0.5, 0.6) is 11.5 Å². The van der Waals surface area contributed by atoms with Gasteiger partial charge in [0.25, 0.3) is 0 Å². The average molecular weight is 558 g/mol. The van der Waals surface area contributed by atoms with Crippen LogP contribution < -0.4 is 9.47 Å². The summed E-state index contributed by atoms with van der Waals surface area (Å²) in [6, 6.07) is 16.5. The Hall–Kier alpha value is -2.61. The van der Waals surface area contributed by atoms with Gasteiger partial charge in [-0.3, -0.25) is 4.79 Å². The fourth-order valence-corrected chi connectivity index (χ4v) is 4.43. The Kier molecular flexibility index (Phi) is 18.6. The van der Waals surface area contributed by atoms with Gasteiger partial charge in [-0.05, 0) is 93.3 Å². The molecule has 0 aromatic heterocycles. The topological polar surface area (TPSA) is 77.5 Å². The van der Waals surface area contributed by atoms with E-state index in [-0.39, 0.29) is 12.6 Å². The van der Waals surface area contributed by atoms with Crippen molar-refractivity contribution in [3.05, 3.63) is 48.5 Å². The van der Waals surface area contributed by atoms with Crippen LogP contribution in [0.1, 0.15) is 71.1 Å². The van der Waals surface area contributed by atoms with Crippen molar-refractivity contribution in [3.63, 3.8) is 0 Å². The fraction of sp³-hybridized carbons (Fsp3) is 0.606. The maximum Gasteiger partial charge on any atom is 0.307 e. The highest BCUT2D eigenvalue weighted by Gasteiger charge is 2.08. The average Bonchev–Trinajstić information content (AvgIpc) is 2.97. The first-order valence-corrected chi connectivity index (χ1v) is 15.1. The van der Waals surface area contributed by atoms with Gasteiger partial charge in [0.05, 0.1) is 32.8 Å². The second-order valence-electron chi connectivity index (χ2n) is 10.1. The molecule has 0 aliphatic rings. The number of carbonyl (C=O) groups is 1. The van der Waals surface area contributed by atoms with E-state index in [1.165, 1.54) is 12.8 Å². The standard InChI is InChI=1S/C33H51NO6/c1-3-21-34(23-24-35)22-20-33(36)40-28-11-7-6-10-27-39-32-18-14-30(15-19-32)29-12-16-31(17-13-29)38-26-9-5-4-8-25-37-2/h12-19,35H,3-11,20-28H2,1-2H3. The molecule has 0 fully saturated rings. The summed E-state index contributed by atoms with van der Waals surface area (Å²) in [5, 5.41) is 9.09. The zero-order valence-corrected chi connectivity index (χ0v) is 24.8. The summed E-state index contributed by atoms with van der Waals surface area (Å²) in [5.74, 6) is 1.63. The van der Waals surface area contributed by atoms with Crippen LogP contribution in [0.4, 0.5) is 0 Å². The number of nitrogens with zero attached hydrogens (tertiary/aromatic N) is 1. The van der Waals surface area contributed by atoms with Crippen LogP contribution in [0.2, 0.25) is 0 Å². The molecule has 0 aliphatic carbocycles. The number of esters is 1. The van der Waals surface area contributed by atoms with Gasteiger partial charge in [0.1, 0.15) is 11.5 Å². The zero-order chi connectivity index (χ0) is 28.7. The van der Waals surface area contributed by atoms with Gasteiger partial charge in [-0.2, -0.15) is 0 Å². The lowest BCUT2D eigenvalue weighted by molar-refractivity contribution is -0.144. The summed E-state index contributed by atoms with van der Waals surface area (Å²) in [6.07, 6.45) is 9.80. The number of methoxy groups -OCH3 is 1. The van der Waals surface area contributed by atoms with Gasteiger partial charge < -0.3 is 29.0 Å². The second kappa shape index (κ2) is 22.1. The minimum absolute atomic E-state index is 0.117. The molecule has 40 heavy (non-hydrogen) atoms. The summed E-state index contributed by atoms with van der Waals surface area (Å²) in [7, 11) is 1.75. The third kappa shape index (κ3) is 15.2. The number of unbranched alkanes of at least 4 members (excludes halogenated alkanes) is 6. The van der Waals surface area contributed by atoms with E-state index in [9.17, 15) is 4.79 Å². The largest absolute Gasteiger partial charge is 0.494 e. The summed E-state index contributed by atoms with van der Waals surface area (Å²) in [4.78, 5) is 14.0. The molecule has 0 bridgehead atoms. The molecule has 0 atom stereocenters. The van der Waals surface area contributed by atoms with Crippen molar-refractivity contribution >= 4 is 5.97 Å². The molecule has 0 amide bonds. The number of aliphatic hydroxyl groups excluding tert-OH is 1. The van der Waals surface area contributed by atoms with Gasteiger partial charge in [0.15, 0.2) is 0 Å². The predicted octanol–water partition coefficient (Wildman–Crippen LogP) is 6.52. The summed E-state index contributed by atoms with van der Waals surface area (Å²) in [5.41, 5.74) is 2.31. The Labute approximate surface area is 241 Å². The predicted molar refractivity (Wildman–Crippen MR) is 161 cm³/mol. The first-order chi connectivity index (χ1) is 19.7.